The predicted octanol–water partition coefficient (Wildman–Crippen LogP) is 4.94. The van der Waals surface area contributed by atoms with Crippen molar-refractivity contribution in [2.45, 2.75) is 27.2 Å². The van der Waals surface area contributed by atoms with Crippen LogP contribution in [-0.2, 0) is 19.1 Å². The zero-order valence-electron chi connectivity index (χ0n) is 20.0. The molecule has 0 saturated carbocycles. The highest BCUT2D eigenvalue weighted by Crippen LogP contribution is 2.29. The second kappa shape index (κ2) is 10.4. The molecule has 0 spiro atoms. The second-order valence-corrected chi connectivity index (χ2v) is 8.77. The molecule has 3 aromatic carbocycles. The minimum absolute atomic E-state index is 0.0409. The third kappa shape index (κ3) is 6.06. The lowest BCUT2D eigenvalue weighted by Gasteiger charge is -2.17. The summed E-state index contributed by atoms with van der Waals surface area (Å²) in [6, 6.07) is 20.4. The summed E-state index contributed by atoms with van der Waals surface area (Å²) in [6.45, 7) is 5.76. The predicted molar refractivity (Wildman–Crippen MR) is 134 cm³/mol. The molecule has 1 aliphatic rings. The van der Waals surface area contributed by atoms with Gasteiger partial charge in [-0.15, -0.1) is 0 Å². The number of benzene rings is 3. The maximum absolute atomic E-state index is 12.5. The Kier molecular flexibility index (Phi) is 7.15. The molecule has 0 bridgehead atoms. The first-order chi connectivity index (χ1) is 16.8. The lowest BCUT2D eigenvalue weighted by molar-refractivity contribution is -0.151. The Balaban J connectivity index is 1.29. The van der Waals surface area contributed by atoms with Crippen LogP contribution in [0.15, 0.2) is 66.7 Å². The van der Waals surface area contributed by atoms with Crippen LogP contribution in [0, 0.1) is 26.7 Å². The minimum atomic E-state index is -0.625. The van der Waals surface area contributed by atoms with Crippen LogP contribution in [0.3, 0.4) is 0 Å². The number of ether oxygens (including phenoxy) is 2. The van der Waals surface area contributed by atoms with Gasteiger partial charge in [-0.25, -0.2) is 0 Å². The molecule has 2 amide bonds. The lowest BCUT2D eigenvalue weighted by atomic mass is 10.1. The Morgan fingerprint density at radius 2 is 1.57 bits per heavy atom. The quantitative estimate of drug-likeness (QED) is 0.493. The van der Waals surface area contributed by atoms with E-state index in [0.717, 1.165) is 22.4 Å². The van der Waals surface area contributed by atoms with Gasteiger partial charge in [0.15, 0.2) is 6.61 Å². The maximum atomic E-state index is 12.5. The molecule has 1 atom stereocenters. The maximum Gasteiger partial charge on any atom is 0.311 e. The Bertz CT molecular complexity index is 1240. The first-order valence-electron chi connectivity index (χ1n) is 11.5. The summed E-state index contributed by atoms with van der Waals surface area (Å²) in [6.07, 6.45) is 0.0409. The highest BCUT2D eigenvalue weighted by atomic mass is 16.5. The van der Waals surface area contributed by atoms with Gasteiger partial charge in [0.25, 0.3) is 5.91 Å². The first kappa shape index (κ1) is 24.0. The summed E-state index contributed by atoms with van der Waals surface area (Å²) in [5, 5.41) is 2.72. The standard InChI is InChI=1S/C28H28N2O5/c1-18-4-10-24(11-5-18)35-25-12-8-23(9-13-25)30-16-21(15-27(30)32)28(33)34-17-26(31)29-22-7-6-19(2)20(3)14-22/h4-14,21H,15-17H2,1-3H3,(H,29,31)/t21-/m1/s1. The normalized spacial score (nSPS) is 15.1. The molecule has 7 heteroatoms. The largest absolute Gasteiger partial charge is 0.457 e. The fourth-order valence-corrected chi connectivity index (χ4v) is 3.82. The van der Waals surface area contributed by atoms with Gasteiger partial charge in [-0.1, -0.05) is 23.8 Å². The molecule has 3 aromatic rings. The lowest BCUT2D eigenvalue weighted by Crippen LogP contribution is -2.28. The number of nitrogens with zero attached hydrogens (tertiary/aromatic N) is 1. The number of amides is 2. The molecule has 1 N–H and O–H groups in total. The SMILES string of the molecule is Cc1ccc(Oc2ccc(N3C[C@H](C(=O)OCC(=O)Nc4ccc(C)c(C)c4)CC3=O)cc2)cc1. The zero-order valence-corrected chi connectivity index (χ0v) is 20.0. The van der Waals surface area contributed by atoms with E-state index in [-0.39, 0.29) is 18.9 Å². The molecule has 1 fully saturated rings. The topological polar surface area (TPSA) is 84.9 Å². The van der Waals surface area contributed by atoms with Crippen molar-refractivity contribution in [2.75, 3.05) is 23.4 Å². The molecule has 0 unspecified atom stereocenters. The molecule has 180 valence electrons. The molecule has 0 radical (unpaired) electrons. The molecular weight excluding hydrogens is 444 g/mol. The molecule has 1 aliphatic heterocycles. The van der Waals surface area contributed by atoms with Crippen molar-refractivity contribution in [2.24, 2.45) is 5.92 Å². The second-order valence-electron chi connectivity index (χ2n) is 8.77. The number of hydrogen-bond donors (Lipinski definition) is 1. The highest BCUT2D eigenvalue weighted by Gasteiger charge is 2.36. The van der Waals surface area contributed by atoms with Crippen LogP contribution in [0.25, 0.3) is 0 Å². The number of aryl methyl sites for hydroxylation is 3. The van der Waals surface area contributed by atoms with Crippen LogP contribution >= 0.6 is 0 Å². The smallest absolute Gasteiger partial charge is 0.311 e. The van der Waals surface area contributed by atoms with E-state index >= 15 is 0 Å². The van der Waals surface area contributed by atoms with Crippen molar-refractivity contribution in [1.82, 2.24) is 0 Å². The third-order valence-electron chi connectivity index (χ3n) is 6.00. The molecule has 35 heavy (non-hydrogen) atoms. The summed E-state index contributed by atoms with van der Waals surface area (Å²) in [5.41, 5.74) is 4.65. The van der Waals surface area contributed by atoms with Crippen LogP contribution in [0.5, 0.6) is 11.5 Å². The molecule has 0 aromatic heterocycles. The minimum Gasteiger partial charge on any atom is -0.457 e. The van der Waals surface area contributed by atoms with E-state index in [4.69, 9.17) is 9.47 Å². The Hall–Kier alpha value is -4.13. The summed E-state index contributed by atoms with van der Waals surface area (Å²) in [4.78, 5) is 38.8. The van der Waals surface area contributed by atoms with Crippen LogP contribution < -0.4 is 15.0 Å². The van der Waals surface area contributed by atoms with Crippen LogP contribution in [0.1, 0.15) is 23.1 Å². The van der Waals surface area contributed by atoms with Gasteiger partial charge in [-0.05, 0) is 80.4 Å². The summed E-state index contributed by atoms with van der Waals surface area (Å²) < 4.78 is 11.0. The van der Waals surface area contributed by atoms with Crippen LogP contribution in [0.4, 0.5) is 11.4 Å². The van der Waals surface area contributed by atoms with Crippen molar-refractivity contribution in [3.8, 4) is 11.5 Å². The van der Waals surface area contributed by atoms with E-state index in [0.29, 0.717) is 17.1 Å². The van der Waals surface area contributed by atoms with Gasteiger partial charge in [0, 0.05) is 24.3 Å². The first-order valence-corrected chi connectivity index (χ1v) is 11.5. The van der Waals surface area contributed by atoms with E-state index in [1.165, 1.54) is 0 Å². The van der Waals surface area contributed by atoms with E-state index in [1.54, 1.807) is 35.2 Å². The van der Waals surface area contributed by atoms with E-state index < -0.39 is 24.4 Å². The van der Waals surface area contributed by atoms with E-state index in [1.807, 2.05) is 57.2 Å². The number of rotatable bonds is 7. The van der Waals surface area contributed by atoms with Crippen LogP contribution in [-0.4, -0.2) is 30.9 Å². The van der Waals surface area contributed by atoms with Crippen molar-refractivity contribution in [3.63, 3.8) is 0 Å². The van der Waals surface area contributed by atoms with Crippen molar-refractivity contribution < 1.29 is 23.9 Å². The number of anilines is 2. The summed E-state index contributed by atoms with van der Waals surface area (Å²) in [5.74, 6) is -0.401. The molecule has 4 rings (SSSR count). The Labute approximate surface area is 204 Å². The van der Waals surface area contributed by atoms with Crippen molar-refractivity contribution in [1.29, 1.82) is 0 Å². The van der Waals surface area contributed by atoms with Crippen molar-refractivity contribution in [3.05, 3.63) is 83.4 Å². The van der Waals surface area contributed by atoms with Crippen molar-refractivity contribution >= 4 is 29.2 Å². The fraction of sp³-hybridized carbons (Fsp3) is 0.250. The molecule has 1 heterocycles. The molecule has 0 aliphatic carbocycles. The highest BCUT2D eigenvalue weighted by molar-refractivity contribution is 6.00. The van der Waals surface area contributed by atoms with Gasteiger partial charge in [-0.3, -0.25) is 14.4 Å². The zero-order chi connectivity index (χ0) is 24.9. The Morgan fingerprint density at radius 1 is 0.914 bits per heavy atom. The number of esters is 1. The fourth-order valence-electron chi connectivity index (χ4n) is 3.82. The van der Waals surface area contributed by atoms with Gasteiger partial charge in [0.05, 0.1) is 5.92 Å². The van der Waals surface area contributed by atoms with E-state index in [9.17, 15) is 14.4 Å². The third-order valence-corrected chi connectivity index (χ3v) is 6.00. The van der Waals surface area contributed by atoms with Gasteiger partial charge in [0.1, 0.15) is 11.5 Å². The molecule has 7 nitrogen and oxygen atoms in total. The van der Waals surface area contributed by atoms with Crippen LogP contribution in [0.2, 0.25) is 0 Å². The van der Waals surface area contributed by atoms with Gasteiger partial charge >= 0.3 is 5.97 Å². The molecular formula is C28H28N2O5. The van der Waals surface area contributed by atoms with Gasteiger partial charge < -0.3 is 19.7 Å². The number of hydrogen-bond acceptors (Lipinski definition) is 5. The summed E-state index contributed by atoms with van der Waals surface area (Å²) in [7, 11) is 0. The Morgan fingerprint density at radius 3 is 2.23 bits per heavy atom. The van der Waals surface area contributed by atoms with E-state index in [2.05, 4.69) is 5.32 Å². The van der Waals surface area contributed by atoms with Gasteiger partial charge in [0.2, 0.25) is 5.91 Å². The number of carbonyl (C=O) groups is 3. The molecule has 1 saturated heterocycles. The average molecular weight is 473 g/mol. The summed E-state index contributed by atoms with van der Waals surface area (Å²) >= 11 is 0. The van der Waals surface area contributed by atoms with Gasteiger partial charge in [-0.2, -0.15) is 0 Å². The number of nitrogens with one attached hydrogen (secondary N) is 1. The monoisotopic (exact) mass is 472 g/mol. The number of carbonyl (C=O) groups excluding carboxylic acids is 3. The average Bonchev–Trinajstić information content (AvgIpc) is 3.23.